The molecule has 0 aliphatic heterocycles. The monoisotopic (exact) mass is 985 g/mol. The molecule has 0 spiro atoms. The Morgan fingerprint density at radius 3 is 0.743 bits per heavy atom. The van der Waals surface area contributed by atoms with Crippen LogP contribution in [0.1, 0.15) is 348 Å². The lowest BCUT2D eigenvalue weighted by Crippen LogP contribution is -2.30. The molecule has 0 fully saturated rings. The molecule has 0 heterocycles. The van der Waals surface area contributed by atoms with Gasteiger partial charge in [0.25, 0.3) is 0 Å². The lowest BCUT2D eigenvalue weighted by molar-refractivity contribution is -0.167. The lowest BCUT2D eigenvalue weighted by atomic mass is 10.0. The fourth-order valence-electron chi connectivity index (χ4n) is 9.44. The van der Waals surface area contributed by atoms with Crippen molar-refractivity contribution in [3.05, 3.63) is 24.3 Å². The van der Waals surface area contributed by atoms with Gasteiger partial charge >= 0.3 is 17.9 Å². The van der Waals surface area contributed by atoms with Crippen LogP contribution in [0.4, 0.5) is 0 Å². The first-order valence-electron chi connectivity index (χ1n) is 31.3. The third kappa shape index (κ3) is 56.8. The van der Waals surface area contributed by atoms with Gasteiger partial charge in [-0.05, 0) is 70.6 Å². The van der Waals surface area contributed by atoms with Gasteiger partial charge in [0.05, 0.1) is 0 Å². The Morgan fingerprint density at radius 2 is 0.471 bits per heavy atom. The molecule has 0 aliphatic rings. The highest BCUT2D eigenvalue weighted by atomic mass is 16.6. The zero-order valence-electron chi connectivity index (χ0n) is 47.3. The summed E-state index contributed by atoms with van der Waals surface area (Å²) in [6.07, 6.45) is 70.5. The summed E-state index contributed by atoms with van der Waals surface area (Å²) >= 11 is 0. The predicted molar refractivity (Wildman–Crippen MR) is 303 cm³/mol. The Labute approximate surface area is 436 Å². The Hall–Kier alpha value is -2.11. The van der Waals surface area contributed by atoms with Crippen LogP contribution >= 0.6 is 0 Å². The van der Waals surface area contributed by atoms with Crippen molar-refractivity contribution < 1.29 is 28.6 Å². The van der Waals surface area contributed by atoms with Crippen LogP contribution in [-0.4, -0.2) is 37.2 Å². The van der Waals surface area contributed by atoms with Crippen molar-refractivity contribution in [2.24, 2.45) is 0 Å². The third-order valence-electron chi connectivity index (χ3n) is 14.2. The number of allylic oxidation sites excluding steroid dienone is 4. The van der Waals surface area contributed by atoms with Gasteiger partial charge in [0, 0.05) is 19.3 Å². The van der Waals surface area contributed by atoms with Crippen molar-refractivity contribution in [1.82, 2.24) is 0 Å². The quantitative estimate of drug-likeness (QED) is 0.0261. The number of rotatable bonds is 58. The van der Waals surface area contributed by atoms with E-state index in [2.05, 4.69) is 45.1 Å². The Bertz CT molecular complexity index is 1130. The SMILES string of the molecule is CCCCC/C=C\CCCCCCCC(=O)OCC(COC(=O)CCCCCCCCCCCCCCCCC/C=C\CCCCCCCCCC)OC(=O)CCCCCCCCCCCCCCC. The number of hydrogen-bond donors (Lipinski definition) is 0. The van der Waals surface area contributed by atoms with Gasteiger partial charge < -0.3 is 14.2 Å². The molecule has 6 nitrogen and oxygen atoms in total. The molecule has 0 radical (unpaired) electrons. The van der Waals surface area contributed by atoms with Gasteiger partial charge in [-0.3, -0.25) is 14.4 Å². The molecule has 0 aromatic carbocycles. The molecular weight excluding hydrogens is 865 g/mol. The number of ether oxygens (including phenoxy) is 3. The molecule has 0 amide bonds. The van der Waals surface area contributed by atoms with Gasteiger partial charge in [0.15, 0.2) is 6.10 Å². The van der Waals surface area contributed by atoms with Crippen molar-refractivity contribution in [3.63, 3.8) is 0 Å². The summed E-state index contributed by atoms with van der Waals surface area (Å²) in [4.78, 5) is 38.1. The number of carbonyl (C=O) groups is 3. The van der Waals surface area contributed by atoms with E-state index in [1.807, 2.05) is 0 Å². The Morgan fingerprint density at radius 1 is 0.271 bits per heavy atom. The van der Waals surface area contributed by atoms with Gasteiger partial charge in [-0.15, -0.1) is 0 Å². The van der Waals surface area contributed by atoms with E-state index in [1.54, 1.807) is 0 Å². The highest BCUT2D eigenvalue weighted by molar-refractivity contribution is 5.71. The highest BCUT2D eigenvalue weighted by Crippen LogP contribution is 2.17. The molecular formula is C64H120O6. The average Bonchev–Trinajstić information content (AvgIpc) is 3.36. The van der Waals surface area contributed by atoms with E-state index < -0.39 is 6.10 Å². The van der Waals surface area contributed by atoms with E-state index in [-0.39, 0.29) is 31.1 Å². The predicted octanol–water partition coefficient (Wildman–Crippen LogP) is 21.1. The van der Waals surface area contributed by atoms with Crippen LogP contribution in [0, 0.1) is 0 Å². The molecule has 0 saturated carbocycles. The van der Waals surface area contributed by atoms with Crippen LogP contribution < -0.4 is 0 Å². The normalized spacial score (nSPS) is 12.1. The maximum atomic E-state index is 12.8. The fourth-order valence-corrected chi connectivity index (χ4v) is 9.44. The minimum Gasteiger partial charge on any atom is -0.462 e. The maximum absolute atomic E-state index is 12.8. The zero-order valence-corrected chi connectivity index (χ0v) is 47.3. The second-order valence-electron chi connectivity index (χ2n) is 21.3. The number of esters is 3. The molecule has 0 N–H and O–H groups in total. The zero-order chi connectivity index (χ0) is 50.7. The molecule has 1 unspecified atom stereocenters. The summed E-state index contributed by atoms with van der Waals surface area (Å²) in [5.74, 6) is -0.856. The summed E-state index contributed by atoms with van der Waals surface area (Å²) in [6, 6.07) is 0. The summed E-state index contributed by atoms with van der Waals surface area (Å²) in [7, 11) is 0. The van der Waals surface area contributed by atoms with E-state index in [1.165, 1.54) is 244 Å². The number of hydrogen-bond acceptors (Lipinski definition) is 6. The van der Waals surface area contributed by atoms with Gasteiger partial charge in [-0.1, -0.05) is 283 Å². The van der Waals surface area contributed by atoms with Crippen molar-refractivity contribution in [3.8, 4) is 0 Å². The largest absolute Gasteiger partial charge is 0.462 e. The van der Waals surface area contributed by atoms with Gasteiger partial charge in [0.1, 0.15) is 13.2 Å². The number of carbonyl (C=O) groups excluding carboxylic acids is 3. The molecule has 1 atom stereocenters. The van der Waals surface area contributed by atoms with Crippen molar-refractivity contribution in [2.75, 3.05) is 13.2 Å². The molecule has 70 heavy (non-hydrogen) atoms. The van der Waals surface area contributed by atoms with E-state index >= 15 is 0 Å². The highest BCUT2D eigenvalue weighted by Gasteiger charge is 2.19. The summed E-state index contributed by atoms with van der Waals surface area (Å²) < 4.78 is 16.9. The topological polar surface area (TPSA) is 78.9 Å². The first kappa shape index (κ1) is 67.9. The van der Waals surface area contributed by atoms with E-state index in [0.717, 1.165) is 64.2 Å². The van der Waals surface area contributed by atoms with Crippen LogP contribution in [0.25, 0.3) is 0 Å². The van der Waals surface area contributed by atoms with Crippen molar-refractivity contribution in [1.29, 1.82) is 0 Å². The smallest absolute Gasteiger partial charge is 0.306 e. The summed E-state index contributed by atoms with van der Waals surface area (Å²) in [6.45, 7) is 6.66. The van der Waals surface area contributed by atoms with Gasteiger partial charge in [-0.2, -0.15) is 0 Å². The molecule has 0 rings (SSSR count). The van der Waals surface area contributed by atoms with Crippen molar-refractivity contribution >= 4 is 17.9 Å². The van der Waals surface area contributed by atoms with E-state index in [9.17, 15) is 14.4 Å². The first-order chi connectivity index (χ1) is 34.5. The number of unbranched alkanes of at least 4 members (excludes halogenated alkanes) is 43. The summed E-state index contributed by atoms with van der Waals surface area (Å²) in [5.41, 5.74) is 0. The minimum atomic E-state index is -0.769. The van der Waals surface area contributed by atoms with Gasteiger partial charge in [-0.25, -0.2) is 0 Å². The van der Waals surface area contributed by atoms with Crippen molar-refractivity contribution in [2.45, 2.75) is 354 Å². The Kier molecular flexibility index (Phi) is 57.7. The average molecular weight is 986 g/mol. The summed E-state index contributed by atoms with van der Waals surface area (Å²) in [5, 5.41) is 0. The third-order valence-corrected chi connectivity index (χ3v) is 14.2. The molecule has 0 bridgehead atoms. The fraction of sp³-hybridized carbons (Fsp3) is 0.891. The lowest BCUT2D eigenvalue weighted by Gasteiger charge is -2.18. The second kappa shape index (κ2) is 59.5. The molecule has 0 saturated heterocycles. The first-order valence-corrected chi connectivity index (χ1v) is 31.3. The van der Waals surface area contributed by atoms with E-state index in [0.29, 0.717) is 19.3 Å². The van der Waals surface area contributed by atoms with Crippen LogP contribution in [-0.2, 0) is 28.6 Å². The van der Waals surface area contributed by atoms with Crippen LogP contribution in [0.15, 0.2) is 24.3 Å². The molecule has 412 valence electrons. The molecule has 6 heteroatoms. The maximum Gasteiger partial charge on any atom is 0.306 e. The van der Waals surface area contributed by atoms with E-state index in [4.69, 9.17) is 14.2 Å². The van der Waals surface area contributed by atoms with Crippen LogP contribution in [0.2, 0.25) is 0 Å². The molecule has 0 aromatic heterocycles. The second-order valence-corrected chi connectivity index (χ2v) is 21.3. The Balaban J connectivity index is 4.14. The minimum absolute atomic E-state index is 0.0686. The van der Waals surface area contributed by atoms with Gasteiger partial charge in [0.2, 0.25) is 0 Å². The molecule has 0 aromatic rings. The van der Waals surface area contributed by atoms with Crippen LogP contribution in [0.5, 0.6) is 0 Å². The molecule has 0 aliphatic carbocycles. The standard InChI is InChI=1S/C64H120O6/c1-4-7-10-13-16-19-22-25-26-27-28-29-30-31-32-33-34-35-36-37-38-40-42-45-48-51-54-57-63(66)69-60-61(59-68-62(65)56-53-50-47-44-41-24-21-18-15-12-9-6-3)70-64(67)58-55-52-49-46-43-39-23-20-17-14-11-8-5-2/h18,21,27-28,61H,4-17,19-20,22-26,29-60H2,1-3H3/b21-18-,28-27-. The van der Waals surface area contributed by atoms with Crippen LogP contribution in [0.3, 0.4) is 0 Å².